The Kier molecular flexibility index (Phi) is 3.75. The van der Waals surface area contributed by atoms with Crippen LogP contribution in [0.4, 0.5) is 11.4 Å². The maximum atomic E-state index is 11.8. The van der Waals surface area contributed by atoms with Crippen molar-refractivity contribution >= 4 is 17.3 Å². The van der Waals surface area contributed by atoms with Gasteiger partial charge >= 0.3 is 5.97 Å². The molecule has 2 N–H and O–H groups in total. The fraction of sp³-hybridized carbons (Fsp3) is 0.500. The van der Waals surface area contributed by atoms with Gasteiger partial charge in [-0.05, 0) is 37.0 Å². The summed E-state index contributed by atoms with van der Waals surface area (Å²) in [7, 11) is 1.40. The number of nitrogens with two attached hydrogens (primary N) is 1. The molecule has 2 rings (SSSR count). The molecule has 98 valence electrons. The van der Waals surface area contributed by atoms with E-state index in [0.29, 0.717) is 17.2 Å². The van der Waals surface area contributed by atoms with E-state index in [1.54, 1.807) is 6.07 Å². The number of ether oxygens (including phenoxy) is 1. The summed E-state index contributed by atoms with van der Waals surface area (Å²) in [6.07, 6.45) is 2.41. The first-order valence-electron chi connectivity index (χ1n) is 6.34. The summed E-state index contributed by atoms with van der Waals surface area (Å²) in [5.41, 5.74) is 7.83. The van der Waals surface area contributed by atoms with Gasteiger partial charge in [0, 0.05) is 18.8 Å². The van der Waals surface area contributed by atoms with Gasteiger partial charge in [-0.15, -0.1) is 0 Å². The van der Waals surface area contributed by atoms with E-state index in [-0.39, 0.29) is 5.97 Å². The minimum absolute atomic E-state index is 0.324. The number of benzene rings is 1. The summed E-state index contributed by atoms with van der Waals surface area (Å²) in [4.78, 5) is 14.1. The number of carbonyl (C=O) groups is 1. The SMILES string of the molecule is COC(=O)c1cc(N)ccc1N1CCCC(C)C1. The number of rotatable bonds is 2. The zero-order valence-corrected chi connectivity index (χ0v) is 11.0. The molecule has 1 unspecified atom stereocenters. The summed E-state index contributed by atoms with van der Waals surface area (Å²) in [6.45, 7) is 4.20. The number of methoxy groups -OCH3 is 1. The third-order valence-electron chi connectivity index (χ3n) is 3.42. The average molecular weight is 248 g/mol. The Morgan fingerprint density at radius 1 is 1.50 bits per heavy atom. The standard InChI is InChI=1S/C14H20N2O2/c1-10-4-3-7-16(9-10)13-6-5-11(15)8-12(13)14(17)18-2/h5-6,8,10H,3-4,7,9,15H2,1-2H3. The van der Waals surface area contributed by atoms with Crippen molar-refractivity contribution in [2.24, 2.45) is 5.92 Å². The molecule has 0 spiro atoms. The van der Waals surface area contributed by atoms with Gasteiger partial charge in [-0.25, -0.2) is 4.79 Å². The molecule has 0 aliphatic carbocycles. The number of anilines is 2. The molecule has 4 nitrogen and oxygen atoms in total. The van der Waals surface area contributed by atoms with Crippen LogP contribution in [0, 0.1) is 5.92 Å². The monoisotopic (exact) mass is 248 g/mol. The number of piperidine rings is 1. The minimum atomic E-state index is -0.324. The van der Waals surface area contributed by atoms with E-state index in [1.807, 2.05) is 12.1 Å². The van der Waals surface area contributed by atoms with Crippen LogP contribution in [0.25, 0.3) is 0 Å². The summed E-state index contributed by atoms with van der Waals surface area (Å²) < 4.78 is 4.83. The van der Waals surface area contributed by atoms with Crippen LogP contribution >= 0.6 is 0 Å². The van der Waals surface area contributed by atoms with E-state index in [9.17, 15) is 4.79 Å². The maximum Gasteiger partial charge on any atom is 0.340 e. The van der Waals surface area contributed by atoms with Crippen molar-refractivity contribution in [3.63, 3.8) is 0 Å². The van der Waals surface area contributed by atoms with Crippen molar-refractivity contribution in [1.82, 2.24) is 0 Å². The van der Waals surface area contributed by atoms with Gasteiger partial charge in [0.25, 0.3) is 0 Å². The molecular formula is C14H20N2O2. The Morgan fingerprint density at radius 2 is 2.28 bits per heavy atom. The summed E-state index contributed by atoms with van der Waals surface area (Å²) in [5.74, 6) is 0.331. The van der Waals surface area contributed by atoms with Crippen LogP contribution in [-0.4, -0.2) is 26.2 Å². The van der Waals surface area contributed by atoms with Crippen LogP contribution in [0.1, 0.15) is 30.1 Å². The Bertz CT molecular complexity index is 445. The molecule has 4 heteroatoms. The van der Waals surface area contributed by atoms with Crippen LogP contribution in [-0.2, 0) is 4.74 Å². The Balaban J connectivity index is 2.34. The zero-order chi connectivity index (χ0) is 13.1. The third kappa shape index (κ3) is 2.58. The average Bonchev–Trinajstić information content (AvgIpc) is 2.37. The quantitative estimate of drug-likeness (QED) is 0.644. The fourth-order valence-corrected chi connectivity index (χ4v) is 2.51. The third-order valence-corrected chi connectivity index (χ3v) is 3.42. The van der Waals surface area contributed by atoms with E-state index in [4.69, 9.17) is 10.5 Å². The highest BCUT2D eigenvalue weighted by molar-refractivity contribution is 5.97. The van der Waals surface area contributed by atoms with Gasteiger partial charge in [0.1, 0.15) is 0 Å². The topological polar surface area (TPSA) is 55.6 Å². The predicted molar refractivity (Wildman–Crippen MR) is 72.8 cm³/mol. The molecular weight excluding hydrogens is 228 g/mol. The molecule has 1 aliphatic heterocycles. The Labute approximate surface area is 108 Å². The first kappa shape index (κ1) is 12.7. The lowest BCUT2D eigenvalue weighted by Gasteiger charge is -2.33. The van der Waals surface area contributed by atoms with Crippen molar-refractivity contribution in [2.45, 2.75) is 19.8 Å². The number of hydrogen-bond acceptors (Lipinski definition) is 4. The van der Waals surface area contributed by atoms with Gasteiger partial charge in [0.15, 0.2) is 0 Å². The van der Waals surface area contributed by atoms with E-state index in [0.717, 1.165) is 25.2 Å². The van der Waals surface area contributed by atoms with Crippen molar-refractivity contribution in [3.05, 3.63) is 23.8 Å². The van der Waals surface area contributed by atoms with E-state index in [2.05, 4.69) is 11.8 Å². The van der Waals surface area contributed by atoms with Crippen molar-refractivity contribution in [2.75, 3.05) is 30.8 Å². The van der Waals surface area contributed by atoms with Gasteiger partial charge in [-0.3, -0.25) is 0 Å². The lowest BCUT2D eigenvalue weighted by molar-refractivity contribution is 0.0601. The number of hydrogen-bond donors (Lipinski definition) is 1. The second-order valence-electron chi connectivity index (χ2n) is 4.96. The first-order chi connectivity index (χ1) is 8.61. The Hall–Kier alpha value is -1.71. The molecule has 1 aromatic carbocycles. The van der Waals surface area contributed by atoms with Gasteiger partial charge in [-0.1, -0.05) is 6.92 Å². The lowest BCUT2D eigenvalue weighted by atomic mass is 9.98. The van der Waals surface area contributed by atoms with Gasteiger partial charge in [0.05, 0.1) is 18.4 Å². The number of nitrogen functional groups attached to an aromatic ring is 1. The fourth-order valence-electron chi connectivity index (χ4n) is 2.51. The molecule has 1 saturated heterocycles. The number of nitrogens with zero attached hydrogens (tertiary/aromatic N) is 1. The molecule has 0 radical (unpaired) electrons. The van der Waals surface area contributed by atoms with Crippen molar-refractivity contribution in [1.29, 1.82) is 0 Å². The first-order valence-corrected chi connectivity index (χ1v) is 6.34. The largest absolute Gasteiger partial charge is 0.465 e. The van der Waals surface area contributed by atoms with Gasteiger partial charge in [-0.2, -0.15) is 0 Å². The Morgan fingerprint density at radius 3 is 2.94 bits per heavy atom. The highest BCUT2D eigenvalue weighted by Crippen LogP contribution is 2.28. The molecule has 0 amide bonds. The van der Waals surface area contributed by atoms with Crippen molar-refractivity contribution in [3.8, 4) is 0 Å². The van der Waals surface area contributed by atoms with Crippen LogP contribution in [0.5, 0.6) is 0 Å². The molecule has 1 aromatic rings. The van der Waals surface area contributed by atoms with E-state index < -0.39 is 0 Å². The second-order valence-corrected chi connectivity index (χ2v) is 4.96. The van der Waals surface area contributed by atoms with E-state index >= 15 is 0 Å². The molecule has 18 heavy (non-hydrogen) atoms. The molecule has 1 aliphatic rings. The van der Waals surface area contributed by atoms with Gasteiger partial charge in [0.2, 0.25) is 0 Å². The molecule has 0 saturated carbocycles. The van der Waals surface area contributed by atoms with E-state index in [1.165, 1.54) is 13.5 Å². The smallest absolute Gasteiger partial charge is 0.340 e. The van der Waals surface area contributed by atoms with Crippen LogP contribution < -0.4 is 10.6 Å². The second kappa shape index (κ2) is 5.29. The van der Waals surface area contributed by atoms with Crippen molar-refractivity contribution < 1.29 is 9.53 Å². The summed E-state index contributed by atoms with van der Waals surface area (Å²) >= 11 is 0. The lowest BCUT2D eigenvalue weighted by Crippen LogP contribution is -2.35. The minimum Gasteiger partial charge on any atom is -0.465 e. The zero-order valence-electron chi connectivity index (χ0n) is 11.0. The molecule has 1 heterocycles. The molecule has 1 atom stereocenters. The maximum absolute atomic E-state index is 11.8. The predicted octanol–water partition coefficient (Wildman–Crippen LogP) is 2.29. The molecule has 1 fully saturated rings. The molecule has 0 bridgehead atoms. The normalized spacial score (nSPS) is 19.7. The van der Waals surface area contributed by atoms with Gasteiger partial charge < -0.3 is 15.4 Å². The van der Waals surface area contributed by atoms with Crippen LogP contribution in [0.2, 0.25) is 0 Å². The number of carbonyl (C=O) groups excluding carboxylic acids is 1. The summed E-state index contributed by atoms with van der Waals surface area (Å²) in [5, 5.41) is 0. The van der Waals surface area contributed by atoms with Crippen LogP contribution in [0.3, 0.4) is 0 Å². The highest BCUT2D eigenvalue weighted by atomic mass is 16.5. The number of esters is 1. The van der Waals surface area contributed by atoms with Crippen LogP contribution in [0.15, 0.2) is 18.2 Å². The molecule has 0 aromatic heterocycles. The highest BCUT2D eigenvalue weighted by Gasteiger charge is 2.21. The summed E-state index contributed by atoms with van der Waals surface area (Å²) in [6, 6.07) is 5.45.